The predicted octanol–water partition coefficient (Wildman–Crippen LogP) is 7.35. The summed E-state index contributed by atoms with van der Waals surface area (Å²) < 4.78 is 0. The molecule has 3 aromatic rings. The van der Waals surface area contributed by atoms with E-state index in [0.717, 1.165) is 0 Å². The van der Waals surface area contributed by atoms with Crippen molar-refractivity contribution in [2.45, 2.75) is 59.3 Å². The van der Waals surface area contributed by atoms with E-state index in [9.17, 15) is 0 Å². The first kappa shape index (κ1) is 20.8. The fourth-order valence-corrected chi connectivity index (χ4v) is 5.25. The molecule has 1 atom stereocenters. The third kappa shape index (κ3) is 4.56. The van der Waals surface area contributed by atoms with Gasteiger partial charge in [0.25, 0.3) is 0 Å². The van der Waals surface area contributed by atoms with Crippen LogP contribution in [0.15, 0.2) is 66.7 Å². The second-order valence-electron chi connectivity index (χ2n) is 8.57. The second-order valence-corrected chi connectivity index (χ2v) is 9.93. The van der Waals surface area contributed by atoms with Crippen LogP contribution in [0, 0.1) is 0 Å². The summed E-state index contributed by atoms with van der Waals surface area (Å²) >= 11 is 0. The number of hydrogen-bond donors (Lipinski definition) is 0. The van der Waals surface area contributed by atoms with E-state index in [1.807, 2.05) is 0 Å². The van der Waals surface area contributed by atoms with Gasteiger partial charge < -0.3 is 0 Å². The van der Waals surface area contributed by atoms with Crippen LogP contribution in [0.2, 0.25) is 0 Å². The highest BCUT2D eigenvalue weighted by Gasteiger charge is 2.19. The zero-order valence-corrected chi connectivity index (χ0v) is 19.1. The Bertz CT molecular complexity index is 903. The largest absolute Gasteiger partial charge is 0.0622 e. The van der Waals surface area contributed by atoms with E-state index in [2.05, 4.69) is 108 Å². The molecular weight excluding hydrogens is 355 g/mol. The molecule has 0 saturated carbocycles. The highest BCUT2D eigenvalue weighted by molar-refractivity contribution is 7.55. The molecule has 0 saturated heterocycles. The van der Waals surface area contributed by atoms with Crippen LogP contribution in [0.25, 0.3) is 11.1 Å². The lowest BCUT2D eigenvalue weighted by atomic mass is 9.84. The Labute approximate surface area is 173 Å². The molecule has 0 spiro atoms. The van der Waals surface area contributed by atoms with Crippen LogP contribution < -0.4 is 10.6 Å². The molecule has 0 N–H and O–H groups in total. The molecular formula is C27H33P. The summed E-state index contributed by atoms with van der Waals surface area (Å²) in [6.45, 7) is 13.8. The molecule has 0 aliphatic heterocycles. The predicted molar refractivity (Wildman–Crippen MR) is 128 cm³/mol. The van der Waals surface area contributed by atoms with Crippen molar-refractivity contribution < 1.29 is 0 Å². The Hall–Kier alpha value is -1.91. The van der Waals surface area contributed by atoms with Gasteiger partial charge in [-0.25, -0.2) is 0 Å². The molecule has 0 aliphatic rings. The topological polar surface area (TPSA) is 0 Å². The summed E-state index contributed by atoms with van der Waals surface area (Å²) in [4.78, 5) is 0. The van der Waals surface area contributed by atoms with Crippen molar-refractivity contribution in [3.63, 3.8) is 0 Å². The van der Waals surface area contributed by atoms with Crippen LogP contribution in [0.5, 0.6) is 0 Å². The average Bonchev–Trinajstić information content (AvgIpc) is 2.68. The van der Waals surface area contributed by atoms with E-state index in [4.69, 9.17) is 0 Å². The molecule has 1 unspecified atom stereocenters. The molecule has 0 amide bonds. The fraction of sp³-hybridized carbons (Fsp3) is 0.333. The van der Waals surface area contributed by atoms with E-state index in [-0.39, 0.29) is 0 Å². The molecule has 0 fully saturated rings. The van der Waals surface area contributed by atoms with Crippen LogP contribution in [-0.2, 0) is 0 Å². The van der Waals surface area contributed by atoms with E-state index < -0.39 is 0 Å². The smallest absolute Gasteiger partial charge is 0.0108 e. The fourth-order valence-electron chi connectivity index (χ4n) is 3.86. The van der Waals surface area contributed by atoms with Crippen LogP contribution in [0.1, 0.15) is 76.0 Å². The van der Waals surface area contributed by atoms with Gasteiger partial charge in [-0.2, -0.15) is 0 Å². The third-order valence-electron chi connectivity index (χ3n) is 5.40. The quantitative estimate of drug-likeness (QED) is 0.387. The maximum absolute atomic E-state index is 2.38. The van der Waals surface area contributed by atoms with E-state index in [1.165, 1.54) is 38.4 Å². The Balaban J connectivity index is 2.18. The summed E-state index contributed by atoms with van der Waals surface area (Å²) in [5.41, 5.74) is 7.20. The zero-order chi connectivity index (χ0) is 20.3. The molecule has 0 aromatic heterocycles. The van der Waals surface area contributed by atoms with E-state index >= 15 is 0 Å². The van der Waals surface area contributed by atoms with Gasteiger partial charge in [0.2, 0.25) is 0 Å². The highest BCUT2D eigenvalue weighted by atomic mass is 31.1. The summed E-state index contributed by atoms with van der Waals surface area (Å²) in [6, 6.07) is 24.9. The number of benzene rings is 3. The number of rotatable bonds is 6. The van der Waals surface area contributed by atoms with Gasteiger partial charge in [0.05, 0.1) is 0 Å². The van der Waals surface area contributed by atoms with Crippen molar-refractivity contribution in [3.8, 4) is 11.1 Å². The number of hydrogen-bond acceptors (Lipinski definition) is 0. The van der Waals surface area contributed by atoms with Crippen molar-refractivity contribution >= 4 is 19.2 Å². The lowest BCUT2D eigenvalue weighted by Gasteiger charge is -2.24. The molecule has 0 heterocycles. The molecule has 0 aliphatic carbocycles. The van der Waals surface area contributed by atoms with Crippen molar-refractivity contribution in [2.75, 3.05) is 0 Å². The summed E-state index contributed by atoms with van der Waals surface area (Å²) in [6.07, 6.45) is 0. The van der Waals surface area contributed by atoms with Gasteiger partial charge in [0.1, 0.15) is 0 Å². The van der Waals surface area contributed by atoms with Crippen molar-refractivity contribution in [1.82, 2.24) is 0 Å². The molecule has 0 radical (unpaired) electrons. The minimum atomic E-state index is 0.490. The highest BCUT2D eigenvalue weighted by Crippen LogP contribution is 2.37. The first-order valence-electron chi connectivity index (χ1n) is 10.5. The van der Waals surface area contributed by atoms with Gasteiger partial charge in [0, 0.05) is 0 Å². The first-order valence-corrected chi connectivity index (χ1v) is 11.5. The third-order valence-corrected chi connectivity index (χ3v) is 6.72. The summed E-state index contributed by atoms with van der Waals surface area (Å²) in [7, 11) is 0.693. The monoisotopic (exact) mass is 388 g/mol. The SMILES string of the molecule is CC(C)c1ccc(-c2c(C(C)C)ccc(Pc3ccccc3)c2C(C)C)cc1. The van der Waals surface area contributed by atoms with Crippen molar-refractivity contribution in [1.29, 1.82) is 0 Å². The molecule has 0 bridgehead atoms. The van der Waals surface area contributed by atoms with Crippen LogP contribution in [-0.4, -0.2) is 0 Å². The average molecular weight is 389 g/mol. The Kier molecular flexibility index (Phi) is 6.73. The van der Waals surface area contributed by atoms with Gasteiger partial charge in [-0.05, 0) is 56.2 Å². The van der Waals surface area contributed by atoms with Gasteiger partial charge >= 0.3 is 0 Å². The lowest BCUT2D eigenvalue weighted by Crippen LogP contribution is -2.14. The molecule has 3 rings (SSSR count). The molecule has 28 heavy (non-hydrogen) atoms. The molecule has 3 aromatic carbocycles. The van der Waals surface area contributed by atoms with Gasteiger partial charge in [-0.3, -0.25) is 0 Å². The van der Waals surface area contributed by atoms with Crippen LogP contribution in [0.3, 0.4) is 0 Å². The van der Waals surface area contributed by atoms with Crippen LogP contribution >= 0.6 is 8.58 Å². The Morgan fingerprint density at radius 1 is 0.607 bits per heavy atom. The Morgan fingerprint density at radius 2 is 1.25 bits per heavy atom. The zero-order valence-electron chi connectivity index (χ0n) is 18.1. The molecule has 0 nitrogen and oxygen atoms in total. The summed E-state index contributed by atoms with van der Waals surface area (Å²) in [5.74, 6) is 1.56. The van der Waals surface area contributed by atoms with Crippen LogP contribution in [0.4, 0.5) is 0 Å². The summed E-state index contributed by atoms with van der Waals surface area (Å²) in [5, 5.41) is 2.89. The van der Waals surface area contributed by atoms with Gasteiger partial charge in [-0.15, -0.1) is 0 Å². The molecule has 146 valence electrons. The standard InChI is InChI=1S/C27H33P/c1-18(2)21-12-14-22(15-13-21)27-24(19(3)4)16-17-25(26(27)20(5)6)28-23-10-8-7-9-11-23/h7-20,28H,1-6H3. The maximum Gasteiger partial charge on any atom is -0.0108 e. The normalized spacial score (nSPS) is 12.0. The van der Waals surface area contributed by atoms with Crippen molar-refractivity contribution in [3.05, 3.63) is 83.4 Å². The second kappa shape index (κ2) is 9.06. The minimum absolute atomic E-state index is 0.490. The molecule has 1 heteroatoms. The van der Waals surface area contributed by atoms with Crippen molar-refractivity contribution in [2.24, 2.45) is 0 Å². The Morgan fingerprint density at radius 3 is 1.79 bits per heavy atom. The first-order chi connectivity index (χ1) is 13.4. The van der Waals surface area contributed by atoms with Gasteiger partial charge in [0.15, 0.2) is 0 Å². The van der Waals surface area contributed by atoms with Gasteiger partial charge in [-0.1, -0.05) is 117 Å². The maximum atomic E-state index is 2.38. The minimum Gasteiger partial charge on any atom is -0.0622 e. The van der Waals surface area contributed by atoms with E-state index in [0.29, 0.717) is 26.3 Å². The van der Waals surface area contributed by atoms with E-state index in [1.54, 1.807) is 0 Å². The lowest BCUT2D eigenvalue weighted by molar-refractivity contribution is 0.842.